The number of amides is 1. The van der Waals surface area contributed by atoms with Gasteiger partial charge in [0.15, 0.2) is 0 Å². The summed E-state index contributed by atoms with van der Waals surface area (Å²) < 4.78 is 15.2. The number of aromatic nitrogens is 1. The summed E-state index contributed by atoms with van der Waals surface area (Å²) in [6.45, 7) is 5.26. The van der Waals surface area contributed by atoms with Gasteiger partial charge in [-0.15, -0.1) is 0 Å². The molecule has 106 valence electrons. The predicted molar refractivity (Wildman–Crippen MR) is 73.6 cm³/mol. The first-order chi connectivity index (χ1) is 9.07. The highest BCUT2D eigenvalue weighted by atomic mass is 32.1. The van der Waals surface area contributed by atoms with Crippen molar-refractivity contribution < 1.29 is 14.3 Å². The van der Waals surface area contributed by atoms with E-state index in [0.717, 1.165) is 17.7 Å². The van der Waals surface area contributed by atoms with Crippen molar-refractivity contribution in [2.45, 2.75) is 38.3 Å². The van der Waals surface area contributed by atoms with Crippen LogP contribution in [0.5, 0.6) is 0 Å². The number of ether oxygens (including phenoxy) is 2. The predicted octanol–water partition coefficient (Wildman–Crippen LogP) is 1.77. The topological polar surface area (TPSA) is 60.5 Å². The van der Waals surface area contributed by atoms with Gasteiger partial charge in [-0.1, -0.05) is 0 Å². The first-order valence-corrected chi connectivity index (χ1v) is 7.22. The van der Waals surface area contributed by atoms with E-state index in [1.54, 1.807) is 13.2 Å². The number of nitrogens with one attached hydrogen (secondary N) is 1. The molecule has 0 saturated carbocycles. The smallest absolute Gasteiger partial charge is 0.271 e. The van der Waals surface area contributed by atoms with Crippen molar-refractivity contribution in [3.8, 4) is 0 Å². The molecule has 1 fully saturated rings. The average molecular weight is 284 g/mol. The van der Waals surface area contributed by atoms with Crippen molar-refractivity contribution in [1.82, 2.24) is 9.69 Å². The zero-order chi connectivity index (χ0) is 13.9. The highest BCUT2D eigenvalue weighted by Gasteiger charge is 2.39. The van der Waals surface area contributed by atoms with Crippen molar-refractivity contribution >= 4 is 17.4 Å². The van der Waals surface area contributed by atoms with Crippen LogP contribution in [0.1, 0.15) is 35.1 Å². The summed E-state index contributed by atoms with van der Waals surface area (Å²) in [5.41, 5.74) is 0.145. The second-order valence-electron chi connectivity index (χ2n) is 4.90. The first kappa shape index (κ1) is 14.4. The quantitative estimate of drug-likeness (QED) is 0.915. The van der Waals surface area contributed by atoms with Crippen molar-refractivity contribution in [3.05, 3.63) is 16.6 Å². The van der Waals surface area contributed by atoms with Gasteiger partial charge >= 0.3 is 0 Å². The summed E-state index contributed by atoms with van der Waals surface area (Å²) in [6.07, 6.45) is 1.59. The van der Waals surface area contributed by atoms with E-state index in [0.29, 0.717) is 18.9 Å². The molecule has 1 atom stereocenters. The van der Waals surface area contributed by atoms with Crippen LogP contribution in [-0.2, 0) is 9.47 Å². The van der Waals surface area contributed by atoms with Gasteiger partial charge in [0.05, 0.1) is 11.6 Å². The minimum Gasteiger partial charge on any atom is -0.381 e. The maximum atomic E-state index is 12.1. The Balaban J connectivity index is 2.02. The summed E-state index contributed by atoms with van der Waals surface area (Å²) in [5, 5.41) is 3.00. The van der Waals surface area contributed by atoms with E-state index in [9.17, 15) is 4.79 Å². The lowest BCUT2D eigenvalue weighted by molar-refractivity contribution is -0.105. The molecule has 2 rings (SSSR count). The van der Waals surface area contributed by atoms with Crippen LogP contribution >= 0.6 is 11.5 Å². The molecule has 0 radical (unpaired) electrons. The maximum Gasteiger partial charge on any atom is 0.271 e. The van der Waals surface area contributed by atoms with Crippen LogP contribution in [0.2, 0.25) is 0 Å². The molecular weight excluding hydrogens is 264 g/mol. The zero-order valence-electron chi connectivity index (χ0n) is 11.6. The van der Waals surface area contributed by atoms with E-state index in [2.05, 4.69) is 9.69 Å². The van der Waals surface area contributed by atoms with Gasteiger partial charge in [-0.25, -0.2) is 0 Å². The number of methoxy groups -OCH3 is 1. The van der Waals surface area contributed by atoms with Crippen molar-refractivity contribution in [2.24, 2.45) is 0 Å². The minimum absolute atomic E-state index is 0.0732. The number of carbonyl (C=O) groups is 1. The van der Waals surface area contributed by atoms with Crippen molar-refractivity contribution in [1.29, 1.82) is 0 Å². The minimum atomic E-state index is -0.334. The summed E-state index contributed by atoms with van der Waals surface area (Å²) in [7, 11) is 1.70. The number of rotatable bonds is 4. The van der Waals surface area contributed by atoms with Crippen molar-refractivity contribution in [2.75, 3.05) is 20.3 Å². The summed E-state index contributed by atoms with van der Waals surface area (Å²) in [5.74, 6) is -0.139. The van der Waals surface area contributed by atoms with Crippen LogP contribution in [0, 0.1) is 6.92 Å². The molecule has 19 heavy (non-hydrogen) atoms. The number of nitrogens with zero attached hydrogens (tertiary/aromatic N) is 1. The molecule has 6 heteroatoms. The van der Waals surface area contributed by atoms with E-state index in [-0.39, 0.29) is 17.6 Å². The molecule has 0 unspecified atom stereocenters. The molecular formula is C13H20N2O3S. The fourth-order valence-corrected chi connectivity index (χ4v) is 2.95. The number of aryl methyl sites for hydroxylation is 1. The lowest BCUT2D eigenvalue weighted by Crippen LogP contribution is -2.55. The highest BCUT2D eigenvalue weighted by molar-refractivity contribution is 7.05. The van der Waals surface area contributed by atoms with Crippen LogP contribution in [0.4, 0.5) is 0 Å². The Labute approximate surface area is 117 Å². The van der Waals surface area contributed by atoms with Gasteiger partial charge in [-0.05, 0) is 31.4 Å². The standard InChI is InChI=1S/C13H20N2O3S/c1-9-8-11(15-19-9)12(16)14-10(2)13(17-3)4-6-18-7-5-13/h8,10H,4-7H2,1-3H3,(H,14,16)/t10-/m0/s1. The summed E-state index contributed by atoms with van der Waals surface area (Å²) in [6, 6.07) is 1.73. The fraction of sp³-hybridized carbons (Fsp3) is 0.692. The Morgan fingerprint density at radius 1 is 1.58 bits per heavy atom. The second-order valence-corrected chi connectivity index (χ2v) is 5.91. The summed E-state index contributed by atoms with van der Waals surface area (Å²) >= 11 is 1.34. The van der Waals surface area contributed by atoms with Gasteiger partial charge in [0, 0.05) is 38.0 Å². The van der Waals surface area contributed by atoms with E-state index >= 15 is 0 Å². The van der Waals surface area contributed by atoms with E-state index in [1.807, 2.05) is 13.8 Å². The SMILES string of the molecule is COC1([C@H](C)NC(=O)c2cc(C)sn2)CCOCC1. The number of hydrogen-bond acceptors (Lipinski definition) is 5. The lowest BCUT2D eigenvalue weighted by atomic mass is 9.87. The van der Waals surface area contributed by atoms with Gasteiger partial charge < -0.3 is 14.8 Å². The van der Waals surface area contributed by atoms with Crippen LogP contribution in [0.25, 0.3) is 0 Å². The Hall–Kier alpha value is -0.980. The molecule has 1 saturated heterocycles. The Morgan fingerprint density at radius 3 is 2.79 bits per heavy atom. The molecule has 0 bridgehead atoms. The zero-order valence-corrected chi connectivity index (χ0v) is 12.4. The van der Waals surface area contributed by atoms with E-state index in [1.165, 1.54) is 11.5 Å². The molecule has 1 N–H and O–H groups in total. The maximum absolute atomic E-state index is 12.1. The second kappa shape index (κ2) is 5.98. The van der Waals surface area contributed by atoms with Crippen LogP contribution in [0.15, 0.2) is 6.07 Å². The third kappa shape index (κ3) is 3.13. The molecule has 1 aromatic heterocycles. The lowest BCUT2D eigenvalue weighted by Gasteiger charge is -2.40. The summed E-state index contributed by atoms with van der Waals surface area (Å²) in [4.78, 5) is 13.1. The molecule has 1 aliphatic heterocycles. The molecule has 0 aromatic carbocycles. The normalized spacial score (nSPS) is 19.9. The van der Waals surface area contributed by atoms with E-state index in [4.69, 9.17) is 9.47 Å². The van der Waals surface area contributed by atoms with E-state index < -0.39 is 0 Å². The monoisotopic (exact) mass is 284 g/mol. The molecule has 2 heterocycles. The third-order valence-corrected chi connectivity index (χ3v) is 4.44. The molecule has 0 aliphatic carbocycles. The third-order valence-electron chi connectivity index (χ3n) is 3.74. The first-order valence-electron chi connectivity index (χ1n) is 6.44. The van der Waals surface area contributed by atoms with Crippen molar-refractivity contribution in [3.63, 3.8) is 0 Å². The Bertz CT molecular complexity index is 441. The Kier molecular flexibility index (Phi) is 4.54. The molecule has 1 aromatic rings. The highest BCUT2D eigenvalue weighted by Crippen LogP contribution is 2.28. The average Bonchev–Trinajstić information content (AvgIpc) is 2.86. The number of hydrogen-bond donors (Lipinski definition) is 1. The Morgan fingerprint density at radius 2 is 2.26 bits per heavy atom. The van der Waals surface area contributed by atoms with Crippen LogP contribution in [-0.4, -0.2) is 42.2 Å². The van der Waals surface area contributed by atoms with Gasteiger partial charge in [0.25, 0.3) is 5.91 Å². The van der Waals surface area contributed by atoms with Gasteiger partial charge in [-0.3, -0.25) is 4.79 Å². The largest absolute Gasteiger partial charge is 0.381 e. The molecule has 1 aliphatic rings. The molecule has 0 spiro atoms. The molecule has 1 amide bonds. The fourth-order valence-electron chi connectivity index (χ4n) is 2.41. The van der Waals surface area contributed by atoms with Gasteiger partial charge in [-0.2, -0.15) is 4.37 Å². The van der Waals surface area contributed by atoms with Gasteiger partial charge in [0.2, 0.25) is 0 Å². The molecule has 5 nitrogen and oxygen atoms in total. The van der Waals surface area contributed by atoms with Gasteiger partial charge in [0.1, 0.15) is 5.69 Å². The van der Waals surface area contributed by atoms with Crippen LogP contribution < -0.4 is 5.32 Å². The van der Waals surface area contributed by atoms with Crippen LogP contribution in [0.3, 0.4) is 0 Å². The number of carbonyl (C=O) groups excluding carboxylic acids is 1.